The van der Waals surface area contributed by atoms with Crippen LogP contribution in [0.3, 0.4) is 0 Å². The van der Waals surface area contributed by atoms with Crippen molar-refractivity contribution in [1.29, 1.82) is 0 Å². The number of nitrogens with zero attached hydrogens (tertiary/aromatic N) is 1. The summed E-state index contributed by atoms with van der Waals surface area (Å²) in [5.41, 5.74) is 5.44. The molecule has 5 rings (SSSR count). The van der Waals surface area contributed by atoms with E-state index in [1.807, 2.05) is 6.20 Å². The van der Waals surface area contributed by atoms with E-state index in [-0.39, 0.29) is 5.41 Å². The second-order valence-electron chi connectivity index (χ2n) is 10.4. The van der Waals surface area contributed by atoms with Crippen molar-refractivity contribution in [2.45, 2.75) is 72.1 Å². The number of hydrogen-bond acceptors (Lipinski definition) is 1. The molecule has 1 heterocycles. The van der Waals surface area contributed by atoms with Gasteiger partial charge in [-0.1, -0.05) is 51.0 Å². The molecule has 0 amide bonds. The molecule has 0 bridgehead atoms. The van der Waals surface area contributed by atoms with E-state index < -0.39 is 0 Å². The molecule has 144 valence electrons. The Morgan fingerprint density at radius 2 is 1.96 bits per heavy atom. The molecule has 6 unspecified atom stereocenters. The lowest BCUT2D eigenvalue weighted by Gasteiger charge is -2.59. The molecule has 1 aromatic rings. The SMILES string of the molecule is CCC1CCC2(C)C(CCC3C4=CC=C(c5cccnc5)C4(C)CCC32)C1. The molecule has 3 fully saturated rings. The standard InChI is InChI=1S/C26H35N/c1-4-18-11-13-25(2)20(16-18)7-8-21-23-10-9-22(19-6-5-15-27-17-19)26(23,3)14-12-24(21)25/h5-6,9-10,15,17-18,20-21,24H,4,7-8,11-14,16H2,1-3H3. The fourth-order valence-corrected chi connectivity index (χ4v) is 7.65. The first-order valence-electron chi connectivity index (χ1n) is 11.4. The molecule has 0 N–H and O–H groups in total. The Labute approximate surface area is 165 Å². The van der Waals surface area contributed by atoms with Gasteiger partial charge < -0.3 is 0 Å². The van der Waals surface area contributed by atoms with E-state index in [2.05, 4.69) is 56.2 Å². The predicted octanol–water partition coefficient (Wildman–Crippen LogP) is 7.06. The Morgan fingerprint density at radius 1 is 1.07 bits per heavy atom. The lowest BCUT2D eigenvalue weighted by molar-refractivity contribution is -0.0604. The van der Waals surface area contributed by atoms with Crippen LogP contribution in [-0.4, -0.2) is 4.98 Å². The van der Waals surface area contributed by atoms with Gasteiger partial charge >= 0.3 is 0 Å². The molecule has 1 aromatic heterocycles. The molecule has 4 aliphatic rings. The first-order valence-corrected chi connectivity index (χ1v) is 11.4. The third-order valence-corrected chi connectivity index (χ3v) is 9.37. The second-order valence-corrected chi connectivity index (χ2v) is 10.4. The second kappa shape index (κ2) is 6.33. The molecule has 27 heavy (non-hydrogen) atoms. The number of pyridine rings is 1. The summed E-state index contributed by atoms with van der Waals surface area (Å²) in [7, 11) is 0. The van der Waals surface area contributed by atoms with Crippen LogP contribution >= 0.6 is 0 Å². The van der Waals surface area contributed by atoms with Gasteiger partial charge in [0.1, 0.15) is 0 Å². The Morgan fingerprint density at radius 3 is 2.74 bits per heavy atom. The Kier molecular flexibility index (Phi) is 4.15. The highest BCUT2D eigenvalue weighted by molar-refractivity contribution is 5.78. The minimum absolute atomic E-state index is 0.244. The van der Waals surface area contributed by atoms with E-state index in [0.29, 0.717) is 5.41 Å². The number of hydrogen-bond donors (Lipinski definition) is 0. The lowest BCUT2D eigenvalue weighted by atomic mass is 9.45. The highest BCUT2D eigenvalue weighted by Crippen LogP contribution is 2.66. The number of allylic oxidation sites excluding steroid dienone is 4. The predicted molar refractivity (Wildman–Crippen MR) is 113 cm³/mol. The van der Waals surface area contributed by atoms with Gasteiger partial charge in [-0.2, -0.15) is 0 Å². The molecule has 0 aliphatic heterocycles. The normalized spacial score (nSPS) is 43.2. The average molecular weight is 362 g/mol. The average Bonchev–Trinajstić information content (AvgIpc) is 3.05. The minimum Gasteiger partial charge on any atom is -0.264 e. The van der Waals surface area contributed by atoms with Crippen LogP contribution in [0.15, 0.2) is 42.3 Å². The molecule has 4 aliphatic carbocycles. The van der Waals surface area contributed by atoms with Crippen LogP contribution in [0, 0.1) is 34.5 Å². The highest BCUT2D eigenvalue weighted by Gasteiger charge is 2.56. The van der Waals surface area contributed by atoms with E-state index in [4.69, 9.17) is 0 Å². The molecule has 0 radical (unpaired) electrons. The van der Waals surface area contributed by atoms with Crippen LogP contribution in [0.5, 0.6) is 0 Å². The van der Waals surface area contributed by atoms with Crippen molar-refractivity contribution in [3.05, 3.63) is 47.8 Å². The van der Waals surface area contributed by atoms with Crippen molar-refractivity contribution in [2.24, 2.45) is 34.5 Å². The largest absolute Gasteiger partial charge is 0.264 e. The topological polar surface area (TPSA) is 12.9 Å². The maximum absolute atomic E-state index is 4.40. The van der Waals surface area contributed by atoms with Crippen LogP contribution in [0.2, 0.25) is 0 Å². The minimum atomic E-state index is 0.244. The molecule has 1 heteroatoms. The van der Waals surface area contributed by atoms with Crippen LogP contribution in [0.1, 0.15) is 77.7 Å². The molecular weight excluding hydrogens is 326 g/mol. The Bertz CT molecular complexity index is 775. The summed E-state index contributed by atoms with van der Waals surface area (Å²) < 4.78 is 0. The zero-order valence-electron chi connectivity index (χ0n) is 17.4. The van der Waals surface area contributed by atoms with E-state index in [1.54, 1.807) is 5.57 Å². The Hall–Kier alpha value is -1.37. The zero-order valence-corrected chi connectivity index (χ0v) is 17.4. The molecule has 0 saturated heterocycles. The van der Waals surface area contributed by atoms with E-state index in [0.717, 1.165) is 23.7 Å². The Balaban J connectivity index is 1.43. The van der Waals surface area contributed by atoms with Crippen molar-refractivity contribution in [2.75, 3.05) is 0 Å². The molecule has 0 aromatic carbocycles. The molecule has 6 atom stereocenters. The summed E-state index contributed by atoms with van der Waals surface area (Å²) in [4.78, 5) is 4.40. The molecule has 1 nitrogen and oxygen atoms in total. The van der Waals surface area contributed by atoms with Gasteiger partial charge in [0.2, 0.25) is 0 Å². The summed E-state index contributed by atoms with van der Waals surface area (Å²) in [6, 6.07) is 4.33. The highest BCUT2D eigenvalue weighted by atomic mass is 14.6. The first-order chi connectivity index (χ1) is 13.1. The van der Waals surface area contributed by atoms with Crippen LogP contribution in [0.4, 0.5) is 0 Å². The van der Waals surface area contributed by atoms with Crippen molar-refractivity contribution < 1.29 is 0 Å². The summed E-state index contributed by atoms with van der Waals surface area (Å²) in [6.07, 6.45) is 20.4. The smallest absolute Gasteiger partial charge is 0.0343 e. The molecule has 0 spiro atoms. The third-order valence-electron chi connectivity index (χ3n) is 9.37. The van der Waals surface area contributed by atoms with Gasteiger partial charge in [0.25, 0.3) is 0 Å². The van der Waals surface area contributed by atoms with Gasteiger partial charge in [-0.25, -0.2) is 0 Å². The fourth-order valence-electron chi connectivity index (χ4n) is 7.65. The van der Waals surface area contributed by atoms with Gasteiger partial charge in [-0.15, -0.1) is 0 Å². The van der Waals surface area contributed by atoms with Gasteiger partial charge in [0.05, 0.1) is 0 Å². The summed E-state index contributed by atoms with van der Waals surface area (Å²) in [5, 5.41) is 0. The summed E-state index contributed by atoms with van der Waals surface area (Å²) in [5.74, 6) is 3.70. The number of rotatable bonds is 2. The quantitative estimate of drug-likeness (QED) is 0.549. The maximum atomic E-state index is 4.40. The maximum Gasteiger partial charge on any atom is 0.0343 e. The first kappa shape index (κ1) is 17.7. The monoisotopic (exact) mass is 361 g/mol. The van der Waals surface area contributed by atoms with Gasteiger partial charge in [0, 0.05) is 17.8 Å². The van der Waals surface area contributed by atoms with Crippen molar-refractivity contribution >= 4 is 5.57 Å². The van der Waals surface area contributed by atoms with Crippen molar-refractivity contribution in [1.82, 2.24) is 4.98 Å². The van der Waals surface area contributed by atoms with Gasteiger partial charge in [-0.3, -0.25) is 4.98 Å². The van der Waals surface area contributed by atoms with E-state index >= 15 is 0 Å². The van der Waals surface area contributed by atoms with Gasteiger partial charge in [-0.05, 0) is 91.2 Å². The zero-order chi connectivity index (χ0) is 18.6. The number of aromatic nitrogens is 1. The van der Waals surface area contributed by atoms with Crippen LogP contribution in [-0.2, 0) is 0 Å². The van der Waals surface area contributed by atoms with Crippen LogP contribution < -0.4 is 0 Å². The number of fused-ring (bicyclic) bond motifs is 5. The molecule has 3 saturated carbocycles. The summed E-state index contributed by atoms with van der Waals surface area (Å²) >= 11 is 0. The van der Waals surface area contributed by atoms with Crippen molar-refractivity contribution in [3.63, 3.8) is 0 Å². The van der Waals surface area contributed by atoms with E-state index in [9.17, 15) is 0 Å². The fraction of sp³-hybridized carbons (Fsp3) is 0.654. The van der Waals surface area contributed by atoms with Crippen molar-refractivity contribution in [3.8, 4) is 0 Å². The molecular formula is C26H35N. The third kappa shape index (κ3) is 2.53. The van der Waals surface area contributed by atoms with Crippen LogP contribution in [0.25, 0.3) is 5.57 Å². The lowest BCUT2D eigenvalue weighted by Crippen LogP contribution is -2.50. The summed E-state index contributed by atoms with van der Waals surface area (Å²) in [6.45, 7) is 7.59. The van der Waals surface area contributed by atoms with E-state index in [1.165, 1.54) is 62.5 Å². The van der Waals surface area contributed by atoms with Gasteiger partial charge in [0.15, 0.2) is 0 Å².